The van der Waals surface area contributed by atoms with Crippen LogP contribution in [-0.2, 0) is 0 Å². The van der Waals surface area contributed by atoms with Crippen LogP contribution in [0.3, 0.4) is 0 Å². The van der Waals surface area contributed by atoms with Crippen molar-refractivity contribution in [2.75, 3.05) is 0 Å². The van der Waals surface area contributed by atoms with Crippen LogP contribution in [0.4, 0.5) is 0 Å². The molecule has 1 saturated carbocycles. The van der Waals surface area contributed by atoms with Crippen LogP contribution in [0, 0.1) is 0 Å². The van der Waals surface area contributed by atoms with Crippen molar-refractivity contribution in [3.8, 4) is 11.5 Å². The number of hydrogen-bond donors (Lipinski definition) is 0. The molecule has 3 rings (SSSR count). The Labute approximate surface area is 81.8 Å². The summed E-state index contributed by atoms with van der Waals surface area (Å²) in [6.07, 6.45) is 6.19. The number of nitrogens with zero attached hydrogens (tertiary/aromatic N) is 2. The third-order valence-electron chi connectivity index (χ3n) is 2.53. The Morgan fingerprint density at radius 2 is 2.14 bits per heavy atom. The smallest absolute Gasteiger partial charge is 0.185 e. The van der Waals surface area contributed by atoms with Crippen LogP contribution in [0.15, 0.2) is 35.1 Å². The van der Waals surface area contributed by atoms with E-state index in [1.807, 2.05) is 18.3 Å². The highest BCUT2D eigenvalue weighted by atomic mass is 16.5. The summed E-state index contributed by atoms with van der Waals surface area (Å²) < 4.78 is 5.02. The van der Waals surface area contributed by atoms with E-state index in [2.05, 4.69) is 16.2 Å². The molecule has 0 unspecified atom stereocenters. The monoisotopic (exact) mass is 186 g/mol. The van der Waals surface area contributed by atoms with Gasteiger partial charge in [-0.1, -0.05) is 11.2 Å². The molecule has 2 heterocycles. The van der Waals surface area contributed by atoms with Gasteiger partial charge in [-0.3, -0.25) is 4.98 Å². The molecule has 0 atom stereocenters. The lowest BCUT2D eigenvalue weighted by atomic mass is 10.1. The summed E-state index contributed by atoms with van der Waals surface area (Å²) in [5, 5.41) is 3.65. The average molecular weight is 186 g/mol. The first-order valence-corrected chi connectivity index (χ1v) is 4.80. The van der Waals surface area contributed by atoms with Crippen molar-refractivity contribution in [3.05, 3.63) is 36.2 Å². The molecule has 0 spiro atoms. The molecule has 0 aliphatic heterocycles. The van der Waals surface area contributed by atoms with Gasteiger partial charge in [0.2, 0.25) is 0 Å². The van der Waals surface area contributed by atoms with Crippen LogP contribution in [0.1, 0.15) is 24.3 Å². The van der Waals surface area contributed by atoms with E-state index < -0.39 is 0 Å². The summed E-state index contributed by atoms with van der Waals surface area (Å²) in [6.45, 7) is 0. The molecule has 3 nitrogen and oxygen atoms in total. The third-order valence-corrected chi connectivity index (χ3v) is 2.53. The second-order valence-corrected chi connectivity index (χ2v) is 3.63. The van der Waals surface area contributed by atoms with Gasteiger partial charge < -0.3 is 4.52 Å². The van der Waals surface area contributed by atoms with Gasteiger partial charge in [0, 0.05) is 12.3 Å². The largest absolute Gasteiger partial charge is 0.355 e. The Kier molecular flexibility index (Phi) is 1.63. The topological polar surface area (TPSA) is 38.9 Å². The molecule has 1 aliphatic carbocycles. The van der Waals surface area contributed by atoms with Crippen LogP contribution in [-0.4, -0.2) is 10.1 Å². The quantitative estimate of drug-likeness (QED) is 0.723. The predicted molar refractivity (Wildman–Crippen MR) is 51.7 cm³/mol. The highest BCUT2D eigenvalue weighted by Crippen LogP contribution is 2.39. The van der Waals surface area contributed by atoms with E-state index in [1.165, 1.54) is 18.4 Å². The van der Waals surface area contributed by atoms with Crippen molar-refractivity contribution >= 4 is 0 Å². The Hall–Kier alpha value is -1.64. The van der Waals surface area contributed by atoms with Crippen molar-refractivity contribution in [1.29, 1.82) is 0 Å². The van der Waals surface area contributed by atoms with Gasteiger partial charge in [0.1, 0.15) is 5.69 Å². The zero-order valence-electron chi connectivity index (χ0n) is 7.68. The summed E-state index contributed by atoms with van der Waals surface area (Å²) in [6, 6.07) is 5.94. The van der Waals surface area contributed by atoms with Gasteiger partial charge in [0.05, 0.1) is 6.20 Å². The van der Waals surface area contributed by atoms with E-state index in [9.17, 15) is 0 Å². The molecule has 2 aromatic heterocycles. The van der Waals surface area contributed by atoms with Crippen molar-refractivity contribution in [2.45, 2.75) is 18.8 Å². The van der Waals surface area contributed by atoms with Gasteiger partial charge in [-0.15, -0.1) is 0 Å². The van der Waals surface area contributed by atoms with Crippen LogP contribution in [0.5, 0.6) is 0 Å². The van der Waals surface area contributed by atoms with Crippen LogP contribution >= 0.6 is 0 Å². The summed E-state index contributed by atoms with van der Waals surface area (Å²) in [7, 11) is 0. The zero-order chi connectivity index (χ0) is 9.38. The molecule has 14 heavy (non-hydrogen) atoms. The number of rotatable bonds is 2. The number of aromatic nitrogens is 2. The lowest BCUT2D eigenvalue weighted by Gasteiger charge is -1.98. The minimum Gasteiger partial charge on any atom is -0.355 e. The minimum atomic E-state index is 0.729. The fraction of sp³-hybridized carbons (Fsp3) is 0.273. The van der Waals surface area contributed by atoms with Gasteiger partial charge in [-0.2, -0.15) is 0 Å². The molecule has 0 N–H and O–H groups in total. The Morgan fingerprint density at radius 1 is 1.21 bits per heavy atom. The highest BCUT2D eigenvalue weighted by molar-refractivity contribution is 5.51. The van der Waals surface area contributed by atoms with Gasteiger partial charge in [-0.05, 0) is 30.4 Å². The number of hydrogen-bond acceptors (Lipinski definition) is 3. The highest BCUT2D eigenvalue weighted by Gasteiger charge is 2.23. The maximum Gasteiger partial charge on any atom is 0.185 e. The Balaban J connectivity index is 1.93. The fourth-order valence-corrected chi connectivity index (χ4v) is 1.56. The lowest BCUT2D eigenvalue weighted by Crippen LogP contribution is -1.84. The van der Waals surface area contributed by atoms with Crippen LogP contribution in [0.25, 0.3) is 11.5 Å². The Morgan fingerprint density at radius 3 is 2.71 bits per heavy atom. The molecule has 0 amide bonds. The molecule has 3 heteroatoms. The first-order chi connectivity index (χ1) is 6.93. The SMILES string of the molecule is c1cc(-c2ccc(C3CC3)cn2)on1. The first kappa shape index (κ1) is 7.74. The van der Waals surface area contributed by atoms with Gasteiger partial charge in [0.15, 0.2) is 5.76 Å². The molecule has 0 saturated heterocycles. The molecule has 1 fully saturated rings. The van der Waals surface area contributed by atoms with Gasteiger partial charge in [0.25, 0.3) is 0 Å². The summed E-state index contributed by atoms with van der Waals surface area (Å²) in [5.41, 5.74) is 2.19. The minimum absolute atomic E-state index is 0.729. The van der Waals surface area contributed by atoms with Crippen LogP contribution < -0.4 is 0 Å². The predicted octanol–water partition coefficient (Wildman–Crippen LogP) is 2.61. The standard InChI is InChI=1S/C11H10N2O/c1-2-8(1)9-3-4-10(12-7-9)11-5-6-13-14-11/h3-8H,1-2H2. The van der Waals surface area contributed by atoms with E-state index >= 15 is 0 Å². The molecule has 70 valence electrons. The molecule has 0 bridgehead atoms. The van der Waals surface area contributed by atoms with E-state index in [1.54, 1.807) is 6.20 Å². The maximum atomic E-state index is 5.02. The normalized spacial score (nSPS) is 15.7. The molecule has 0 aromatic carbocycles. The van der Waals surface area contributed by atoms with E-state index in [0.717, 1.165) is 17.4 Å². The fourth-order valence-electron chi connectivity index (χ4n) is 1.56. The van der Waals surface area contributed by atoms with Gasteiger partial charge >= 0.3 is 0 Å². The molecule has 0 radical (unpaired) electrons. The van der Waals surface area contributed by atoms with Crippen LogP contribution in [0.2, 0.25) is 0 Å². The van der Waals surface area contributed by atoms with E-state index in [0.29, 0.717) is 0 Å². The molecule has 1 aliphatic rings. The summed E-state index contributed by atoms with van der Waals surface area (Å²) >= 11 is 0. The maximum absolute atomic E-state index is 5.02. The summed E-state index contributed by atoms with van der Waals surface area (Å²) in [5.74, 6) is 1.48. The van der Waals surface area contributed by atoms with Crippen molar-refractivity contribution in [1.82, 2.24) is 10.1 Å². The van der Waals surface area contributed by atoms with Crippen molar-refractivity contribution < 1.29 is 4.52 Å². The summed E-state index contributed by atoms with van der Waals surface area (Å²) in [4.78, 5) is 4.35. The lowest BCUT2D eigenvalue weighted by molar-refractivity contribution is 0.431. The third kappa shape index (κ3) is 1.31. The first-order valence-electron chi connectivity index (χ1n) is 4.80. The van der Waals surface area contributed by atoms with E-state index in [4.69, 9.17) is 4.52 Å². The zero-order valence-corrected chi connectivity index (χ0v) is 7.68. The molecule has 2 aromatic rings. The Bertz CT molecular complexity index is 415. The molecular formula is C11H10N2O. The van der Waals surface area contributed by atoms with Gasteiger partial charge in [-0.25, -0.2) is 0 Å². The molecular weight excluding hydrogens is 176 g/mol. The second-order valence-electron chi connectivity index (χ2n) is 3.63. The van der Waals surface area contributed by atoms with E-state index in [-0.39, 0.29) is 0 Å². The number of pyridine rings is 1. The second kappa shape index (κ2) is 2.94. The van der Waals surface area contributed by atoms with Crippen molar-refractivity contribution in [3.63, 3.8) is 0 Å². The average Bonchev–Trinajstić information content (AvgIpc) is 2.94. The van der Waals surface area contributed by atoms with Crippen molar-refractivity contribution in [2.24, 2.45) is 0 Å².